The van der Waals surface area contributed by atoms with Gasteiger partial charge in [-0.3, -0.25) is 4.68 Å². The van der Waals surface area contributed by atoms with E-state index in [0.717, 1.165) is 24.9 Å². The summed E-state index contributed by atoms with van der Waals surface area (Å²) in [5.41, 5.74) is 6.95. The van der Waals surface area contributed by atoms with Gasteiger partial charge in [-0.15, -0.1) is 0 Å². The fourth-order valence-electron chi connectivity index (χ4n) is 1.74. The largest absolute Gasteiger partial charge is 0.377 e. The van der Waals surface area contributed by atoms with Crippen LogP contribution in [0.1, 0.15) is 45.2 Å². The number of hydrogen-bond donors (Lipinski definition) is 1. The van der Waals surface area contributed by atoms with Crippen LogP contribution >= 0.6 is 0 Å². The van der Waals surface area contributed by atoms with Crippen molar-refractivity contribution in [1.82, 2.24) is 9.78 Å². The molecule has 16 heavy (non-hydrogen) atoms. The highest BCUT2D eigenvalue weighted by Crippen LogP contribution is 2.29. The zero-order valence-corrected chi connectivity index (χ0v) is 10.7. The van der Waals surface area contributed by atoms with Gasteiger partial charge in [0.15, 0.2) is 0 Å². The van der Waals surface area contributed by atoms with E-state index in [9.17, 15) is 0 Å². The van der Waals surface area contributed by atoms with Gasteiger partial charge in [-0.25, -0.2) is 0 Å². The molecule has 0 aliphatic heterocycles. The molecular formula is C12H23N3O. The number of aryl methyl sites for hydroxylation is 1. The van der Waals surface area contributed by atoms with Crippen LogP contribution < -0.4 is 5.73 Å². The second-order valence-corrected chi connectivity index (χ2v) is 4.38. The Morgan fingerprint density at radius 1 is 1.56 bits per heavy atom. The molecule has 92 valence electrons. The summed E-state index contributed by atoms with van der Waals surface area (Å²) in [5.74, 6) is 0. The van der Waals surface area contributed by atoms with Crippen molar-refractivity contribution < 1.29 is 4.74 Å². The van der Waals surface area contributed by atoms with Crippen molar-refractivity contribution in [2.75, 3.05) is 7.11 Å². The Morgan fingerprint density at radius 2 is 2.25 bits per heavy atom. The number of rotatable bonds is 6. The van der Waals surface area contributed by atoms with E-state index in [0.29, 0.717) is 0 Å². The summed E-state index contributed by atoms with van der Waals surface area (Å²) in [7, 11) is 1.71. The summed E-state index contributed by atoms with van der Waals surface area (Å²) in [6.45, 7) is 7.18. The monoisotopic (exact) mass is 225 g/mol. The molecule has 2 N–H and O–H groups in total. The number of aromatic nitrogens is 2. The van der Waals surface area contributed by atoms with Crippen LogP contribution in [0, 0.1) is 0 Å². The molecule has 2 unspecified atom stereocenters. The van der Waals surface area contributed by atoms with Gasteiger partial charge >= 0.3 is 0 Å². The number of ether oxygens (including phenoxy) is 1. The van der Waals surface area contributed by atoms with Crippen LogP contribution in [0.2, 0.25) is 0 Å². The Hall–Kier alpha value is -0.870. The van der Waals surface area contributed by atoms with E-state index >= 15 is 0 Å². The van der Waals surface area contributed by atoms with Crippen molar-refractivity contribution in [3.8, 4) is 0 Å². The molecule has 4 nitrogen and oxygen atoms in total. The molecule has 1 rings (SSSR count). The third-order valence-electron chi connectivity index (χ3n) is 3.29. The lowest BCUT2D eigenvalue weighted by molar-refractivity contribution is -0.0194. The number of hydrogen-bond acceptors (Lipinski definition) is 3. The molecule has 0 spiro atoms. The maximum atomic E-state index is 6.23. The van der Waals surface area contributed by atoms with Crippen LogP contribution in [0.15, 0.2) is 12.4 Å². The topological polar surface area (TPSA) is 53.1 Å². The molecule has 2 atom stereocenters. The molecule has 0 saturated heterocycles. The quantitative estimate of drug-likeness (QED) is 0.806. The lowest BCUT2D eigenvalue weighted by Gasteiger charge is -2.32. The van der Waals surface area contributed by atoms with E-state index in [4.69, 9.17) is 10.5 Å². The van der Waals surface area contributed by atoms with Crippen LogP contribution in [0.25, 0.3) is 0 Å². The standard InChI is InChI=1S/C12H23N3O/c1-5-7-15-9-10(8-14-15)11(13)12(3,6-2)16-4/h8-9,11H,5-7,13H2,1-4H3. The first-order valence-corrected chi connectivity index (χ1v) is 5.90. The first-order chi connectivity index (χ1) is 7.57. The highest BCUT2D eigenvalue weighted by Gasteiger charge is 2.31. The van der Waals surface area contributed by atoms with Gasteiger partial charge in [0, 0.05) is 25.4 Å². The minimum atomic E-state index is -0.319. The lowest BCUT2D eigenvalue weighted by atomic mass is 9.90. The van der Waals surface area contributed by atoms with E-state index < -0.39 is 0 Å². The van der Waals surface area contributed by atoms with E-state index in [1.807, 2.05) is 24.0 Å². The average Bonchev–Trinajstić information content (AvgIpc) is 2.76. The van der Waals surface area contributed by atoms with Gasteiger partial charge in [-0.2, -0.15) is 5.10 Å². The van der Waals surface area contributed by atoms with Gasteiger partial charge in [0.25, 0.3) is 0 Å². The lowest BCUT2D eigenvalue weighted by Crippen LogP contribution is -2.39. The van der Waals surface area contributed by atoms with Crippen LogP contribution in [-0.4, -0.2) is 22.5 Å². The van der Waals surface area contributed by atoms with Crippen molar-refractivity contribution in [1.29, 1.82) is 0 Å². The van der Waals surface area contributed by atoms with Crippen LogP contribution in [0.5, 0.6) is 0 Å². The highest BCUT2D eigenvalue weighted by molar-refractivity contribution is 5.14. The molecule has 0 saturated carbocycles. The van der Waals surface area contributed by atoms with Crippen LogP contribution in [0.3, 0.4) is 0 Å². The third-order valence-corrected chi connectivity index (χ3v) is 3.29. The molecule has 0 amide bonds. The minimum absolute atomic E-state index is 0.131. The maximum absolute atomic E-state index is 6.23. The Morgan fingerprint density at radius 3 is 2.75 bits per heavy atom. The van der Waals surface area contributed by atoms with Gasteiger partial charge in [0.05, 0.1) is 17.8 Å². The predicted molar refractivity (Wildman–Crippen MR) is 65.2 cm³/mol. The van der Waals surface area contributed by atoms with E-state index in [-0.39, 0.29) is 11.6 Å². The van der Waals surface area contributed by atoms with Crippen molar-refractivity contribution in [2.45, 2.75) is 51.8 Å². The fraction of sp³-hybridized carbons (Fsp3) is 0.750. The Labute approximate surface area is 97.8 Å². The minimum Gasteiger partial charge on any atom is -0.377 e. The van der Waals surface area contributed by atoms with Crippen molar-refractivity contribution >= 4 is 0 Å². The van der Waals surface area contributed by atoms with Crippen molar-refractivity contribution in [3.63, 3.8) is 0 Å². The summed E-state index contributed by atoms with van der Waals surface area (Å²) in [6, 6.07) is -0.131. The van der Waals surface area contributed by atoms with Gasteiger partial charge in [-0.05, 0) is 19.8 Å². The Balaban J connectivity index is 2.82. The first-order valence-electron chi connectivity index (χ1n) is 5.90. The molecule has 1 aromatic heterocycles. The van der Waals surface area contributed by atoms with Crippen LogP contribution in [-0.2, 0) is 11.3 Å². The molecule has 1 aromatic rings. The van der Waals surface area contributed by atoms with Crippen molar-refractivity contribution in [2.24, 2.45) is 5.73 Å². The van der Waals surface area contributed by atoms with Crippen molar-refractivity contribution in [3.05, 3.63) is 18.0 Å². The molecular weight excluding hydrogens is 202 g/mol. The molecule has 0 bridgehead atoms. The van der Waals surface area contributed by atoms with Gasteiger partial charge in [0.2, 0.25) is 0 Å². The highest BCUT2D eigenvalue weighted by atomic mass is 16.5. The predicted octanol–water partition coefficient (Wildman–Crippen LogP) is 2.11. The van der Waals surface area contributed by atoms with E-state index in [1.54, 1.807) is 7.11 Å². The maximum Gasteiger partial charge on any atom is 0.0841 e. The second kappa shape index (κ2) is 5.46. The molecule has 4 heteroatoms. The smallest absolute Gasteiger partial charge is 0.0841 e. The van der Waals surface area contributed by atoms with Gasteiger partial charge < -0.3 is 10.5 Å². The summed E-state index contributed by atoms with van der Waals surface area (Å²) in [5, 5.41) is 4.29. The first kappa shape index (κ1) is 13.2. The second-order valence-electron chi connectivity index (χ2n) is 4.38. The van der Waals surface area contributed by atoms with Crippen LogP contribution in [0.4, 0.5) is 0 Å². The molecule has 0 aliphatic carbocycles. The zero-order chi connectivity index (χ0) is 12.2. The van der Waals surface area contributed by atoms with Gasteiger partial charge in [0.1, 0.15) is 0 Å². The third kappa shape index (κ3) is 2.62. The van der Waals surface area contributed by atoms with Gasteiger partial charge in [-0.1, -0.05) is 13.8 Å². The summed E-state index contributed by atoms with van der Waals surface area (Å²) in [4.78, 5) is 0. The molecule has 0 aromatic carbocycles. The summed E-state index contributed by atoms with van der Waals surface area (Å²) >= 11 is 0. The fourth-order valence-corrected chi connectivity index (χ4v) is 1.74. The Kier molecular flexibility index (Phi) is 4.50. The molecule has 0 radical (unpaired) electrons. The zero-order valence-electron chi connectivity index (χ0n) is 10.7. The number of methoxy groups -OCH3 is 1. The SMILES string of the molecule is CCCn1cc(C(N)C(C)(CC)OC)cn1. The summed E-state index contributed by atoms with van der Waals surface area (Å²) < 4.78 is 7.44. The average molecular weight is 225 g/mol. The van der Waals surface area contributed by atoms with E-state index in [2.05, 4.69) is 18.9 Å². The normalized spacial score (nSPS) is 17.1. The summed E-state index contributed by atoms with van der Waals surface area (Å²) in [6.07, 6.45) is 5.81. The molecule has 0 fully saturated rings. The Bertz CT molecular complexity index is 318. The number of nitrogens with two attached hydrogens (primary N) is 1. The molecule has 0 aliphatic rings. The number of nitrogens with zero attached hydrogens (tertiary/aromatic N) is 2. The van der Waals surface area contributed by atoms with E-state index in [1.165, 1.54) is 0 Å². The molecule has 1 heterocycles.